The van der Waals surface area contributed by atoms with Crippen molar-refractivity contribution in [3.05, 3.63) is 34.5 Å². The molecular weight excluding hydrogens is 287 g/mol. The Morgan fingerprint density at radius 1 is 1.38 bits per heavy atom. The quantitative estimate of drug-likeness (QED) is 0.943. The third kappa shape index (κ3) is 2.97. The molecule has 0 unspecified atom stereocenters. The Bertz CT molecular complexity index is 620. The van der Waals surface area contributed by atoms with Crippen molar-refractivity contribution in [2.75, 3.05) is 20.2 Å². The Hall–Kier alpha value is -1.01. The molecule has 0 aliphatic carbocycles. The fraction of sp³-hybridized carbons (Fsp3) is 0.500. The average Bonchev–Trinajstić information content (AvgIpc) is 2.87. The van der Waals surface area contributed by atoms with Gasteiger partial charge < -0.3 is 10.5 Å². The van der Waals surface area contributed by atoms with Gasteiger partial charge in [-0.05, 0) is 30.5 Å². The van der Waals surface area contributed by atoms with Gasteiger partial charge in [-0.25, -0.2) is 4.39 Å². The lowest BCUT2D eigenvalue weighted by Crippen LogP contribution is -2.36. The minimum atomic E-state index is -0.134. The normalized spacial score (nSPS) is 17.7. The highest BCUT2D eigenvalue weighted by Gasteiger charge is 2.22. The van der Waals surface area contributed by atoms with Gasteiger partial charge >= 0.3 is 0 Å². The lowest BCUT2D eigenvalue weighted by Gasteiger charge is -2.31. The summed E-state index contributed by atoms with van der Waals surface area (Å²) in [5.74, 6) is -0.134. The standard InChI is InChI=1S/C16H21FN2OS/c1-20-11-5-7-19(8-6-11)10-12-15(9-18)21-14-4-2-3-13(17)16(12)14/h2-4,11H,5-10,18H2,1H3. The molecule has 0 amide bonds. The van der Waals surface area contributed by atoms with Crippen LogP contribution in [0.2, 0.25) is 0 Å². The third-order valence-electron chi connectivity index (χ3n) is 4.28. The van der Waals surface area contributed by atoms with Crippen LogP contribution in [0, 0.1) is 5.82 Å². The van der Waals surface area contributed by atoms with E-state index in [4.69, 9.17) is 10.5 Å². The summed E-state index contributed by atoms with van der Waals surface area (Å²) < 4.78 is 20.6. The molecule has 2 heterocycles. The van der Waals surface area contributed by atoms with Crippen LogP contribution >= 0.6 is 11.3 Å². The van der Waals surface area contributed by atoms with Crippen LogP contribution in [0.3, 0.4) is 0 Å². The Kier molecular flexibility index (Phi) is 4.54. The van der Waals surface area contributed by atoms with E-state index in [1.165, 1.54) is 6.07 Å². The minimum Gasteiger partial charge on any atom is -0.381 e. The molecule has 1 aromatic heterocycles. The molecule has 3 nitrogen and oxygen atoms in total. The fourth-order valence-electron chi connectivity index (χ4n) is 3.07. The lowest BCUT2D eigenvalue weighted by atomic mass is 10.0. The van der Waals surface area contributed by atoms with Gasteiger partial charge in [-0.15, -0.1) is 11.3 Å². The van der Waals surface area contributed by atoms with Crippen molar-refractivity contribution in [3.63, 3.8) is 0 Å². The second-order valence-electron chi connectivity index (χ2n) is 5.53. The highest BCUT2D eigenvalue weighted by molar-refractivity contribution is 7.19. The van der Waals surface area contributed by atoms with Crippen molar-refractivity contribution in [3.8, 4) is 0 Å². The van der Waals surface area contributed by atoms with E-state index < -0.39 is 0 Å². The van der Waals surface area contributed by atoms with Gasteiger partial charge in [0.1, 0.15) is 5.82 Å². The number of halogens is 1. The van der Waals surface area contributed by atoms with Gasteiger partial charge in [-0.2, -0.15) is 0 Å². The van der Waals surface area contributed by atoms with Crippen molar-refractivity contribution < 1.29 is 9.13 Å². The van der Waals surface area contributed by atoms with Crippen LogP contribution < -0.4 is 5.73 Å². The second-order valence-corrected chi connectivity index (χ2v) is 6.67. The predicted octanol–water partition coefficient (Wildman–Crippen LogP) is 3.11. The number of hydrogen-bond donors (Lipinski definition) is 1. The molecule has 5 heteroatoms. The summed E-state index contributed by atoms with van der Waals surface area (Å²) in [4.78, 5) is 3.48. The van der Waals surface area contributed by atoms with Crippen molar-refractivity contribution in [1.29, 1.82) is 0 Å². The molecule has 2 aromatic rings. The number of hydrogen-bond acceptors (Lipinski definition) is 4. The zero-order valence-electron chi connectivity index (χ0n) is 12.3. The monoisotopic (exact) mass is 308 g/mol. The van der Waals surface area contributed by atoms with E-state index in [9.17, 15) is 4.39 Å². The number of nitrogens with two attached hydrogens (primary N) is 1. The van der Waals surface area contributed by atoms with Crippen LogP contribution in [0.1, 0.15) is 23.3 Å². The summed E-state index contributed by atoms with van der Waals surface area (Å²) in [6, 6.07) is 5.28. The molecular formula is C16H21FN2OS. The SMILES string of the molecule is COC1CCN(Cc2c(CN)sc3cccc(F)c23)CC1. The molecule has 2 N–H and O–H groups in total. The highest BCUT2D eigenvalue weighted by Crippen LogP contribution is 2.34. The molecule has 1 aromatic carbocycles. The van der Waals surface area contributed by atoms with E-state index in [0.717, 1.165) is 53.0 Å². The van der Waals surface area contributed by atoms with Gasteiger partial charge in [0, 0.05) is 48.3 Å². The molecule has 114 valence electrons. The number of benzene rings is 1. The van der Waals surface area contributed by atoms with Gasteiger partial charge in [0.25, 0.3) is 0 Å². The van der Waals surface area contributed by atoms with E-state index in [1.807, 2.05) is 6.07 Å². The molecule has 0 atom stereocenters. The van der Waals surface area contributed by atoms with Crippen LogP contribution in [0.4, 0.5) is 4.39 Å². The van der Waals surface area contributed by atoms with Crippen molar-refractivity contribution in [1.82, 2.24) is 4.90 Å². The summed E-state index contributed by atoms with van der Waals surface area (Å²) in [5, 5.41) is 0.761. The summed E-state index contributed by atoms with van der Waals surface area (Å²) in [5.41, 5.74) is 6.94. The first kappa shape index (κ1) is 14.9. The number of fused-ring (bicyclic) bond motifs is 1. The predicted molar refractivity (Wildman–Crippen MR) is 85.0 cm³/mol. The summed E-state index contributed by atoms with van der Waals surface area (Å²) in [6.45, 7) is 3.25. The van der Waals surface area contributed by atoms with Crippen LogP contribution in [0.15, 0.2) is 18.2 Å². The molecule has 0 bridgehead atoms. The van der Waals surface area contributed by atoms with E-state index >= 15 is 0 Å². The molecule has 0 spiro atoms. The zero-order chi connectivity index (χ0) is 14.8. The van der Waals surface area contributed by atoms with Gasteiger partial charge in [0.15, 0.2) is 0 Å². The third-order valence-corrected chi connectivity index (χ3v) is 5.50. The highest BCUT2D eigenvalue weighted by atomic mass is 32.1. The second kappa shape index (κ2) is 6.40. The van der Waals surface area contributed by atoms with Crippen LogP contribution in [0.25, 0.3) is 10.1 Å². The summed E-state index contributed by atoms with van der Waals surface area (Å²) in [7, 11) is 1.77. The van der Waals surface area contributed by atoms with Crippen LogP contribution in [-0.2, 0) is 17.8 Å². The first-order chi connectivity index (χ1) is 10.2. The molecule has 1 aliphatic rings. The molecule has 1 aliphatic heterocycles. The largest absolute Gasteiger partial charge is 0.381 e. The number of thiophene rings is 1. The van der Waals surface area contributed by atoms with Crippen LogP contribution in [-0.4, -0.2) is 31.2 Å². The van der Waals surface area contributed by atoms with E-state index in [0.29, 0.717) is 12.6 Å². The molecule has 0 saturated carbocycles. The van der Waals surface area contributed by atoms with E-state index in [1.54, 1.807) is 24.5 Å². The minimum absolute atomic E-state index is 0.134. The van der Waals surface area contributed by atoms with Gasteiger partial charge in [-0.3, -0.25) is 4.90 Å². The Labute approximate surface area is 128 Å². The molecule has 1 fully saturated rings. The fourth-order valence-corrected chi connectivity index (χ4v) is 4.18. The number of rotatable bonds is 4. The Balaban J connectivity index is 1.86. The molecule has 0 radical (unpaired) electrons. The molecule has 3 rings (SSSR count). The Morgan fingerprint density at radius 3 is 2.81 bits per heavy atom. The summed E-state index contributed by atoms with van der Waals surface area (Å²) >= 11 is 1.62. The number of nitrogens with zero attached hydrogens (tertiary/aromatic N) is 1. The maximum Gasteiger partial charge on any atom is 0.132 e. The van der Waals surface area contributed by atoms with E-state index in [2.05, 4.69) is 4.90 Å². The molecule has 1 saturated heterocycles. The molecule has 21 heavy (non-hydrogen) atoms. The Morgan fingerprint density at radius 2 is 2.14 bits per heavy atom. The zero-order valence-corrected chi connectivity index (χ0v) is 13.1. The number of piperidine rings is 1. The van der Waals surface area contributed by atoms with Gasteiger partial charge in [0.05, 0.1) is 6.10 Å². The number of methoxy groups -OCH3 is 1. The van der Waals surface area contributed by atoms with Gasteiger partial charge in [0.2, 0.25) is 0 Å². The van der Waals surface area contributed by atoms with Crippen molar-refractivity contribution >= 4 is 21.4 Å². The average molecular weight is 308 g/mol. The topological polar surface area (TPSA) is 38.5 Å². The smallest absolute Gasteiger partial charge is 0.132 e. The maximum absolute atomic E-state index is 14.2. The number of likely N-dealkylation sites (tertiary alicyclic amines) is 1. The number of ether oxygens (including phenoxy) is 1. The summed E-state index contributed by atoms with van der Waals surface area (Å²) in [6.07, 6.45) is 2.45. The van der Waals surface area contributed by atoms with Crippen LogP contribution in [0.5, 0.6) is 0 Å². The first-order valence-electron chi connectivity index (χ1n) is 7.37. The lowest BCUT2D eigenvalue weighted by molar-refractivity contribution is 0.0389. The first-order valence-corrected chi connectivity index (χ1v) is 8.18. The van der Waals surface area contributed by atoms with Crippen molar-refractivity contribution in [2.45, 2.75) is 32.0 Å². The van der Waals surface area contributed by atoms with E-state index in [-0.39, 0.29) is 5.82 Å². The maximum atomic E-state index is 14.2. The van der Waals surface area contributed by atoms with Crippen molar-refractivity contribution in [2.24, 2.45) is 5.73 Å². The van der Waals surface area contributed by atoms with Gasteiger partial charge in [-0.1, -0.05) is 6.07 Å².